The van der Waals surface area contributed by atoms with E-state index in [1.54, 1.807) is 4.90 Å². The van der Waals surface area contributed by atoms with E-state index in [-0.39, 0.29) is 41.8 Å². The number of nitrogens with two attached hydrogens (primary N) is 1. The summed E-state index contributed by atoms with van der Waals surface area (Å²) in [4.78, 5) is 38.1. The smallest absolute Gasteiger partial charge is 0.255 e. The molecule has 4 atom stereocenters. The zero-order valence-electron chi connectivity index (χ0n) is 15.6. The first-order valence-electron chi connectivity index (χ1n) is 9.83. The molecule has 2 saturated heterocycles. The predicted molar refractivity (Wildman–Crippen MR) is 99.0 cm³/mol. The number of carbonyl (C=O) groups excluding carboxylic acids is 3. The lowest BCUT2D eigenvalue weighted by molar-refractivity contribution is -0.136. The van der Waals surface area contributed by atoms with Gasteiger partial charge in [0.25, 0.3) is 5.91 Å². The fourth-order valence-corrected chi connectivity index (χ4v) is 5.06. The largest absolute Gasteiger partial charge is 0.375 e. The molecule has 4 aliphatic rings. The SMILES string of the molecule is N[C@@H]1C[C@@]2(NCc3cccc4c3CN(C3CCC(=O)NC3=O)C4=O)CO[C@@H]1C2. The number of nitrogens with zero attached hydrogens (tertiary/aromatic N) is 1. The molecule has 28 heavy (non-hydrogen) atoms. The van der Waals surface area contributed by atoms with E-state index in [1.165, 1.54) is 0 Å². The van der Waals surface area contributed by atoms with Crippen molar-refractivity contribution in [1.29, 1.82) is 0 Å². The number of ether oxygens (including phenoxy) is 1. The van der Waals surface area contributed by atoms with Gasteiger partial charge in [-0.05, 0) is 36.5 Å². The van der Waals surface area contributed by atoms with Crippen molar-refractivity contribution < 1.29 is 19.1 Å². The van der Waals surface area contributed by atoms with E-state index in [0.717, 1.165) is 24.0 Å². The van der Waals surface area contributed by atoms with Crippen molar-refractivity contribution >= 4 is 17.7 Å². The van der Waals surface area contributed by atoms with E-state index >= 15 is 0 Å². The minimum Gasteiger partial charge on any atom is -0.375 e. The summed E-state index contributed by atoms with van der Waals surface area (Å²) in [6.45, 7) is 1.69. The summed E-state index contributed by atoms with van der Waals surface area (Å²) < 4.78 is 5.76. The summed E-state index contributed by atoms with van der Waals surface area (Å²) in [5.74, 6) is -0.803. The molecular weight excluding hydrogens is 360 g/mol. The lowest BCUT2D eigenvalue weighted by Gasteiger charge is -2.30. The summed E-state index contributed by atoms with van der Waals surface area (Å²) in [5.41, 5.74) is 8.70. The van der Waals surface area contributed by atoms with Gasteiger partial charge in [-0.25, -0.2) is 0 Å². The fraction of sp³-hybridized carbons (Fsp3) is 0.550. The van der Waals surface area contributed by atoms with Crippen molar-refractivity contribution in [3.05, 3.63) is 34.9 Å². The molecule has 148 valence electrons. The van der Waals surface area contributed by atoms with Crippen LogP contribution in [-0.4, -0.2) is 53.0 Å². The van der Waals surface area contributed by atoms with Crippen LogP contribution in [0.15, 0.2) is 18.2 Å². The lowest BCUT2D eigenvalue weighted by Crippen LogP contribution is -2.52. The maximum atomic E-state index is 12.9. The average molecular weight is 384 g/mol. The second-order valence-corrected chi connectivity index (χ2v) is 8.40. The number of carbonyl (C=O) groups is 3. The van der Waals surface area contributed by atoms with Gasteiger partial charge in [-0.2, -0.15) is 0 Å². The molecule has 3 heterocycles. The minimum atomic E-state index is -0.589. The molecule has 1 saturated carbocycles. The first-order valence-corrected chi connectivity index (χ1v) is 9.83. The van der Waals surface area contributed by atoms with Crippen LogP contribution in [0.1, 0.15) is 47.2 Å². The van der Waals surface area contributed by atoms with E-state index < -0.39 is 6.04 Å². The molecule has 3 amide bonds. The van der Waals surface area contributed by atoms with Gasteiger partial charge >= 0.3 is 0 Å². The number of nitrogens with one attached hydrogen (secondary N) is 2. The van der Waals surface area contributed by atoms with Crippen molar-refractivity contribution in [3.63, 3.8) is 0 Å². The number of fused-ring (bicyclic) bond motifs is 3. The molecular formula is C20H24N4O4. The third-order valence-electron chi connectivity index (χ3n) is 6.60. The zero-order valence-corrected chi connectivity index (χ0v) is 15.6. The molecule has 4 N–H and O–H groups in total. The number of rotatable bonds is 4. The number of amides is 3. The second kappa shape index (κ2) is 6.37. The molecule has 3 aliphatic heterocycles. The number of piperidine rings is 1. The predicted octanol–water partition coefficient (Wildman–Crippen LogP) is -0.204. The summed E-state index contributed by atoms with van der Waals surface area (Å²) >= 11 is 0. The van der Waals surface area contributed by atoms with Crippen molar-refractivity contribution in [2.45, 2.75) is 62.5 Å². The molecule has 1 unspecified atom stereocenters. The maximum Gasteiger partial charge on any atom is 0.255 e. The van der Waals surface area contributed by atoms with E-state index in [2.05, 4.69) is 10.6 Å². The van der Waals surface area contributed by atoms with Gasteiger partial charge in [-0.3, -0.25) is 19.7 Å². The molecule has 8 heteroatoms. The van der Waals surface area contributed by atoms with E-state index in [4.69, 9.17) is 10.5 Å². The van der Waals surface area contributed by atoms with Gasteiger partial charge in [0.05, 0.1) is 12.7 Å². The van der Waals surface area contributed by atoms with Crippen LogP contribution in [0, 0.1) is 0 Å². The van der Waals surface area contributed by atoms with Crippen LogP contribution < -0.4 is 16.4 Å². The molecule has 0 spiro atoms. The Labute approximate surface area is 162 Å². The Hall–Kier alpha value is -2.29. The standard InChI is InChI=1S/C20H24N4O4/c21-14-6-20(7-16(14)28-10-20)22-8-11-2-1-3-12-13(11)9-24(19(12)27)15-4-5-17(25)23-18(15)26/h1-3,14-16,22H,4-10,21H2,(H,23,25,26)/t14-,15?,16-,20+/m1/s1. The summed E-state index contributed by atoms with van der Waals surface area (Å²) in [6.07, 6.45) is 2.59. The Bertz CT molecular complexity index is 868. The maximum absolute atomic E-state index is 12.9. The third-order valence-corrected chi connectivity index (χ3v) is 6.60. The molecule has 0 radical (unpaired) electrons. The highest BCUT2D eigenvalue weighted by atomic mass is 16.5. The summed E-state index contributed by atoms with van der Waals surface area (Å²) in [6, 6.07) is 5.20. The Balaban J connectivity index is 1.34. The van der Waals surface area contributed by atoms with Gasteiger partial charge < -0.3 is 20.7 Å². The Morgan fingerprint density at radius 2 is 2.14 bits per heavy atom. The Morgan fingerprint density at radius 1 is 1.29 bits per heavy atom. The van der Waals surface area contributed by atoms with Crippen LogP contribution in [0.5, 0.6) is 0 Å². The number of imide groups is 1. The van der Waals surface area contributed by atoms with Crippen LogP contribution in [0.3, 0.4) is 0 Å². The van der Waals surface area contributed by atoms with Crippen LogP contribution in [0.25, 0.3) is 0 Å². The van der Waals surface area contributed by atoms with Crippen LogP contribution in [0.4, 0.5) is 0 Å². The number of hydrogen-bond acceptors (Lipinski definition) is 6. The van der Waals surface area contributed by atoms with Gasteiger partial charge in [0.15, 0.2) is 0 Å². The molecule has 2 bridgehead atoms. The van der Waals surface area contributed by atoms with E-state index in [0.29, 0.717) is 31.7 Å². The van der Waals surface area contributed by atoms with Crippen LogP contribution in [0.2, 0.25) is 0 Å². The fourth-order valence-electron chi connectivity index (χ4n) is 5.06. The topological polar surface area (TPSA) is 114 Å². The molecule has 0 aromatic heterocycles. The summed E-state index contributed by atoms with van der Waals surface area (Å²) in [7, 11) is 0. The molecule has 1 aromatic rings. The van der Waals surface area contributed by atoms with Gasteiger partial charge in [0.1, 0.15) is 6.04 Å². The van der Waals surface area contributed by atoms with Gasteiger partial charge in [0.2, 0.25) is 11.8 Å². The highest BCUT2D eigenvalue weighted by Gasteiger charge is 2.50. The Morgan fingerprint density at radius 3 is 2.86 bits per heavy atom. The number of hydrogen-bond donors (Lipinski definition) is 3. The number of benzene rings is 1. The third kappa shape index (κ3) is 2.75. The van der Waals surface area contributed by atoms with Gasteiger partial charge in [-0.1, -0.05) is 12.1 Å². The van der Waals surface area contributed by atoms with Crippen molar-refractivity contribution in [2.75, 3.05) is 6.61 Å². The second-order valence-electron chi connectivity index (χ2n) is 8.40. The van der Waals surface area contributed by atoms with Gasteiger partial charge in [0, 0.05) is 36.7 Å². The van der Waals surface area contributed by atoms with E-state index in [1.807, 2.05) is 18.2 Å². The quantitative estimate of drug-likeness (QED) is 0.620. The zero-order chi connectivity index (χ0) is 19.5. The van der Waals surface area contributed by atoms with E-state index in [9.17, 15) is 14.4 Å². The molecule has 1 aromatic carbocycles. The average Bonchev–Trinajstić information content (AvgIpc) is 3.32. The highest BCUT2D eigenvalue weighted by Crippen LogP contribution is 2.39. The minimum absolute atomic E-state index is 0.0762. The van der Waals surface area contributed by atoms with Crippen molar-refractivity contribution in [3.8, 4) is 0 Å². The van der Waals surface area contributed by atoms with Crippen LogP contribution >= 0.6 is 0 Å². The first kappa shape index (κ1) is 17.8. The normalized spacial score (nSPS) is 34.1. The van der Waals surface area contributed by atoms with Crippen molar-refractivity contribution in [1.82, 2.24) is 15.5 Å². The monoisotopic (exact) mass is 384 g/mol. The first-order chi connectivity index (χ1) is 13.5. The highest BCUT2D eigenvalue weighted by molar-refractivity contribution is 6.05. The molecule has 8 nitrogen and oxygen atoms in total. The van der Waals surface area contributed by atoms with Crippen LogP contribution in [-0.2, 0) is 27.4 Å². The molecule has 5 rings (SSSR count). The Kier molecular flexibility index (Phi) is 4.04. The summed E-state index contributed by atoms with van der Waals surface area (Å²) in [5, 5.41) is 5.97. The molecule has 3 fully saturated rings. The molecule has 1 aliphatic carbocycles. The lowest BCUT2D eigenvalue weighted by atomic mass is 9.97. The van der Waals surface area contributed by atoms with Crippen molar-refractivity contribution in [2.24, 2.45) is 5.73 Å². The van der Waals surface area contributed by atoms with Gasteiger partial charge in [-0.15, -0.1) is 0 Å².